The van der Waals surface area contributed by atoms with Crippen LogP contribution in [0.5, 0.6) is 5.75 Å². The Morgan fingerprint density at radius 3 is 2.64 bits per heavy atom. The number of benzene rings is 1. The molecule has 10 nitrogen and oxygen atoms in total. The number of nitrogens with one attached hydrogen (secondary N) is 1. The van der Waals surface area contributed by atoms with E-state index in [0.29, 0.717) is 11.3 Å². The van der Waals surface area contributed by atoms with E-state index >= 15 is 0 Å². The van der Waals surface area contributed by atoms with Gasteiger partial charge < -0.3 is 19.4 Å². The number of nitro groups is 1. The molecular weight excluding hydrogens is 368 g/mol. The van der Waals surface area contributed by atoms with Crippen molar-refractivity contribution < 1.29 is 19.2 Å². The normalized spacial score (nSPS) is 10.2. The fraction of sp³-hybridized carbons (Fsp3) is 0.278. The number of nitrogens with zero attached hydrogens (tertiary/aromatic N) is 3. The lowest BCUT2D eigenvalue weighted by atomic mass is 10.1. The Morgan fingerprint density at radius 2 is 2.07 bits per heavy atom. The van der Waals surface area contributed by atoms with E-state index in [-0.39, 0.29) is 29.3 Å². The number of amides is 1. The third-order valence-electron chi connectivity index (χ3n) is 3.98. The van der Waals surface area contributed by atoms with E-state index in [4.69, 9.17) is 9.47 Å². The van der Waals surface area contributed by atoms with E-state index in [9.17, 15) is 25.0 Å². The number of aromatic nitrogens is 1. The monoisotopic (exact) mass is 386 g/mol. The van der Waals surface area contributed by atoms with Gasteiger partial charge in [-0.1, -0.05) is 0 Å². The fourth-order valence-electron chi connectivity index (χ4n) is 2.65. The van der Waals surface area contributed by atoms with Gasteiger partial charge in [-0.2, -0.15) is 5.26 Å². The quantitative estimate of drug-likeness (QED) is 0.565. The van der Waals surface area contributed by atoms with Gasteiger partial charge in [0, 0.05) is 18.4 Å². The number of nitro benzene ring substituents is 1. The van der Waals surface area contributed by atoms with Crippen LogP contribution >= 0.6 is 0 Å². The summed E-state index contributed by atoms with van der Waals surface area (Å²) in [6.07, 6.45) is 0. The molecule has 0 atom stereocenters. The van der Waals surface area contributed by atoms with Gasteiger partial charge in [-0.3, -0.25) is 19.7 Å². The highest BCUT2D eigenvalue weighted by Crippen LogP contribution is 2.28. The molecule has 0 saturated carbocycles. The molecule has 0 aliphatic rings. The maximum Gasteiger partial charge on any atom is 0.296 e. The van der Waals surface area contributed by atoms with E-state index < -0.39 is 22.9 Å². The summed E-state index contributed by atoms with van der Waals surface area (Å²) in [5, 5.41) is 22.9. The van der Waals surface area contributed by atoms with Crippen LogP contribution < -0.4 is 15.6 Å². The summed E-state index contributed by atoms with van der Waals surface area (Å²) < 4.78 is 11.1. The molecule has 10 heteroatoms. The Labute approximate surface area is 160 Å². The average molecular weight is 386 g/mol. The molecule has 1 heterocycles. The van der Waals surface area contributed by atoms with Crippen LogP contribution in [0.3, 0.4) is 0 Å². The summed E-state index contributed by atoms with van der Waals surface area (Å²) in [6.45, 7) is 1.30. The summed E-state index contributed by atoms with van der Waals surface area (Å²) in [5.41, 5.74) is -0.238. The van der Waals surface area contributed by atoms with Crippen LogP contribution in [0.25, 0.3) is 0 Å². The highest BCUT2D eigenvalue weighted by Gasteiger charge is 2.19. The Balaban J connectivity index is 2.33. The topological polar surface area (TPSA) is 136 Å². The molecular formula is C18H18N4O6. The molecule has 1 amide bonds. The Hall–Kier alpha value is -3.71. The van der Waals surface area contributed by atoms with Crippen LogP contribution in [0.4, 0.5) is 11.4 Å². The van der Waals surface area contributed by atoms with Crippen molar-refractivity contribution in [2.45, 2.75) is 20.1 Å². The standard InChI is InChI=1S/C18H18N4O6/c1-11-6-12(10-27-2)14(8-19)18(24)21(11)9-17(23)20-15-5-4-13(28-3)7-16(15)22(25)26/h4-7H,9-10H2,1-3H3,(H,20,23). The first-order chi connectivity index (χ1) is 13.3. The molecule has 2 aromatic rings. The number of hydrogen-bond donors (Lipinski definition) is 1. The molecule has 28 heavy (non-hydrogen) atoms. The molecule has 2 rings (SSSR count). The first kappa shape index (κ1) is 20.6. The van der Waals surface area contributed by atoms with Gasteiger partial charge in [0.25, 0.3) is 11.2 Å². The van der Waals surface area contributed by atoms with Crippen molar-refractivity contribution in [3.8, 4) is 11.8 Å². The van der Waals surface area contributed by atoms with Crippen molar-refractivity contribution in [2.24, 2.45) is 0 Å². The van der Waals surface area contributed by atoms with Gasteiger partial charge in [-0.15, -0.1) is 0 Å². The number of carbonyl (C=O) groups excluding carboxylic acids is 1. The van der Waals surface area contributed by atoms with Crippen molar-refractivity contribution in [1.29, 1.82) is 5.26 Å². The van der Waals surface area contributed by atoms with Gasteiger partial charge >= 0.3 is 0 Å². The van der Waals surface area contributed by atoms with E-state index in [1.54, 1.807) is 13.0 Å². The van der Waals surface area contributed by atoms with Gasteiger partial charge in [0.05, 0.1) is 24.7 Å². The Morgan fingerprint density at radius 1 is 1.36 bits per heavy atom. The highest BCUT2D eigenvalue weighted by atomic mass is 16.6. The molecule has 0 aliphatic heterocycles. The van der Waals surface area contributed by atoms with E-state index in [1.807, 2.05) is 6.07 Å². The highest BCUT2D eigenvalue weighted by molar-refractivity contribution is 5.93. The predicted octanol–water partition coefficient (Wildman–Crippen LogP) is 1.73. The van der Waals surface area contributed by atoms with Crippen molar-refractivity contribution in [2.75, 3.05) is 19.5 Å². The summed E-state index contributed by atoms with van der Waals surface area (Å²) in [5.74, 6) is -0.383. The minimum absolute atomic E-state index is 0.0296. The predicted molar refractivity (Wildman–Crippen MR) is 99.1 cm³/mol. The van der Waals surface area contributed by atoms with Crippen molar-refractivity contribution in [1.82, 2.24) is 4.57 Å². The summed E-state index contributed by atoms with van der Waals surface area (Å²) in [4.78, 5) is 35.5. The number of carbonyl (C=O) groups is 1. The minimum Gasteiger partial charge on any atom is -0.496 e. The molecule has 0 radical (unpaired) electrons. The zero-order chi connectivity index (χ0) is 20.8. The van der Waals surface area contributed by atoms with Gasteiger partial charge in [0.2, 0.25) is 5.91 Å². The first-order valence-electron chi connectivity index (χ1n) is 8.07. The molecule has 0 fully saturated rings. The molecule has 1 aromatic carbocycles. The van der Waals surface area contributed by atoms with Crippen LogP contribution in [0.1, 0.15) is 16.8 Å². The molecule has 0 saturated heterocycles. The first-order valence-corrected chi connectivity index (χ1v) is 8.07. The summed E-state index contributed by atoms with van der Waals surface area (Å²) in [7, 11) is 2.81. The third kappa shape index (κ3) is 4.33. The second kappa shape index (κ2) is 8.79. The van der Waals surface area contributed by atoms with Gasteiger partial charge in [0.15, 0.2) is 0 Å². The van der Waals surface area contributed by atoms with Crippen molar-refractivity contribution >= 4 is 17.3 Å². The number of aryl methyl sites for hydroxylation is 1. The zero-order valence-corrected chi connectivity index (χ0v) is 15.5. The number of methoxy groups -OCH3 is 2. The molecule has 146 valence electrons. The van der Waals surface area contributed by atoms with Gasteiger partial charge in [0.1, 0.15) is 29.6 Å². The SMILES string of the molecule is COCc1cc(C)n(CC(=O)Nc2ccc(OC)cc2[N+](=O)[O-])c(=O)c1C#N. The number of pyridine rings is 1. The molecule has 1 N–H and O–H groups in total. The van der Waals surface area contributed by atoms with E-state index in [0.717, 1.165) is 4.57 Å². The third-order valence-corrected chi connectivity index (χ3v) is 3.98. The van der Waals surface area contributed by atoms with E-state index in [2.05, 4.69) is 5.32 Å². The largest absolute Gasteiger partial charge is 0.496 e. The van der Waals surface area contributed by atoms with Crippen molar-refractivity contribution in [3.63, 3.8) is 0 Å². The lowest BCUT2D eigenvalue weighted by molar-refractivity contribution is -0.384. The second-order valence-electron chi connectivity index (χ2n) is 5.81. The Bertz CT molecular complexity index is 1020. The molecule has 1 aromatic heterocycles. The second-order valence-corrected chi connectivity index (χ2v) is 5.81. The number of rotatable bonds is 7. The van der Waals surface area contributed by atoms with Crippen LogP contribution in [0.15, 0.2) is 29.1 Å². The minimum atomic E-state index is -0.651. The molecule has 0 bridgehead atoms. The molecule has 0 spiro atoms. The van der Waals surface area contributed by atoms with Crippen LogP contribution in [0.2, 0.25) is 0 Å². The van der Waals surface area contributed by atoms with E-state index in [1.165, 1.54) is 32.4 Å². The molecule has 0 aliphatic carbocycles. The number of nitriles is 1. The maximum atomic E-state index is 12.5. The maximum absolute atomic E-state index is 12.5. The summed E-state index contributed by atoms with van der Waals surface area (Å²) >= 11 is 0. The number of hydrogen-bond acceptors (Lipinski definition) is 7. The zero-order valence-electron chi connectivity index (χ0n) is 15.5. The van der Waals surface area contributed by atoms with Gasteiger partial charge in [-0.25, -0.2) is 0 Å². The smallest absolute Gasteiger partial charge is 0.296 e. The number of ether oxygens (including phenoxy) is 2. The van der Waals surface area contributed by atoms with Crippen LogP contribution in [0, 0.1) is 28.4 Å². The van der Waals surface area contributed by atoms with Gasteiger partial charge in [-0.05, 0) is 25.1 Å². The fourth-order valence-corrected chi connectivity index (χ4v) is 2.65. The Kier molecular flexibility index (Phi) is 6.46. The van der Waals surface area contributed by atoms with Crippen LogP contribution in [-0.2, 0) is 22.7 Å². The summed E-state index contributed by atoms with van der Waals surface area (Å²) in [6, 6.07) is 7.40. The number of anilines is 1. The van der Waals surface area contributed by atoms with Crippen molar-refractivity contribution in [3.05, 3.63) is 61.6 Å². The lowest BCUT2D eigenvalue weighted by Gasteiger charge is -2.13. The molecule has 0 unspecified atom stereocenters. The average Bonchev–Trinajstić information content (AvgIpc) is 2.65. The lowest BCUT2D eigenvalue weighted by Crippen LogP contribution is -2.31. The van der Waals surface area contributed by atoms with Crippen LogP contribution in [-0.4, -0.2) is 29.6 Å².